The molecule has 1 heterocycles. The van der Waals surface area contributed by atoms with Gasteiger partial charge >= 0.3 is 0 Å². The minimum absolute atomic E-state index is 0.215. The fourth-order valence-corrected chi connectivity index (χ4v) is 3.57. The zero-order chi connectivity index (χ0) is 14.6. The first-order chi connectivity index (χ1) is 9.53. The number of thiophene rings is 1. The molecule has 0 fully saturated rings. The summed E-state index contributed by atoms with van der Waals surface area (Å²) in [4.78, 5) is 0.215. The molecule has 0 bridgehead atoms. The highest BCUT2D eigenvalue weighted by atomic mass is 32.2. The number of aryl methyl sites for hydroxylation is 1. The van der Waals surface area contributed by atoms with Gasteiger partial charge in [-0.25, -0.2) is 13.1 Å². The first-order valence-corrected chi connectivity index (χ1v) is 8.43. The molecule has 1 aromatic carbocycles. The number of nitrogens with zero attached hydrogens (tertiary/aromatic N) is 1. The highest BCUT2D eigenvalue weighted by molar-refractivity contribution is 7.89. The van der Waals surface area contributed by atoms with Crippen molar-refractivity contribution in [2.45, 2.75) is 24.8 Å². The lowest BCUT2D eigenvalue weighted by Crippen LogP contribution is -2.23. The summed E-state index contributed by atoms with van der Waals surface area (Å²) in [7, 11) is -3.51. The molecule has 0 spiro atoms. The maximum absolute atomic E-state index is 12.1. The van der Waals surface area contributed by atoms with E-state index in [1.54, 1.807) is 23.5 Å². The number of rotatable bonds is 5. The molecule has 0 radical (unpaired) electrons. The number of hydrogen-bond acceptors (Lipinski definition) is 4. The molecule has 1 N–H and O–H groups in total. The molecule has 0 aliphatic heterocycles. The number of sulfonamides is 1. The van der Waals surface area contributed by atoms with Gasteiger partial charge in [-0.2, -0.15) is 16.6 Å². The molecule has 0 aliphatic rings. The molecule has 6 heteroatoms. The Bertz CT molecular complexity index is 725. The quantitative estimate of drug-likeness (QED) is 0.923. The van der Waals surface area contributed by atoms with E-state index in [1.807, 2.05) is 23.8 Å². The smallest absolute Gasteiger partial charge is 0.207 e. The molecular weight excluding hydrogens is 292 g/mol. The Morgan fingerprint density at radius 3 is 2.50 bits per heavy atom. The molecule has 0 unspecified atom stereocenters. The van der Waals surface area contributed by atoms with E-state index >= 15 is 0 Å². The first kappa shape index (κ1) is 14.7. The maximum Gasteiger partial charge on any atom is 0.240 e. The van der Waals surface area contributed by atoms with Crippen molar-refractivity contribution in [3.63, 3.8) is 0 Å². The third-order valence-electron chi connectivity index (χ3n) is 2.93. The van der Waals surface area contributed by atoms with Gasteiger partial charge in [-0.15, -0.1) is 0 Å². The van der Waals surface area contributed by atoms with Crippen LogP contribution in [-0.4, -0.2) is 8.42 Å². The molecule has 0 saturated heterocycles. The molecule has 0 saturated carbocycles. The van der Waals surface area contributed by atoms with Gasteiger partial charge in [-0.05, 0) is 46.5 Å². The van der Waals surface area contributed by atoms with Crippen molar-refractivity contribution in [2.75, 3.05) is 0 Å². The Hall–Kier alpha value is -1.68. The second-order valence-electron chi connectivity index (χ2n) is 4.38. The Balaban J connectivity index is 2.10. The van der Waals surface area contributed by atoms with E-state index < -0.39 is 10.0 Å². The maximum atomic E-state index is 12.1. The lowest BCUT2D eigenvalue weighted by atomic mass is 10.2. The first-order valence-electron chi connectivity index (χ1n) is 6.00. The summed E-state index contributed by atoms with van der Waals surface area (Å²) in [5.41, 5.74) is 2.88. The van der Waals surface area contributed by atoms with E-state index in [1.165, 1.54) is 12.1 Å². The van der Waals surface area contributed by atoms with Gasteiger partial charge in [0.05, 0.1) is 17.4 Å². The summed E-state index contributed by atoms with van der Waals surface area (Å²) < 4.78 is 26.9. The molecule has 2 rings (SSSR count). The lowest BCUT2D eigenvalue weighted by molar-refractivity contribution is 0.581. The molecule has 1 aromatic heterocycles. The minimum atomic E-state index is -3.51. The van der Waals surface area contributed by atoms with Crippen LogP contribution < -0.4 is 4.72 Å². The van der Waals surface area contributed by atoms with Crippen molar-refractivity contribution in [1.29, 1.82) is 5.26 Å². The average Bonchev–Trinajstić information content (AvgIpc) is 2.83. The van der Waals surface area contributed by atoms with Crippen LogP contribution in [0.5, 0.6) is 0 Å². The van der Waals surface area contributed by atoms with E-state index in [0.29, 0.717) is 0 Å². The van der Waals surface area contributed by atoms with Gasteiger partial charge in [0.15, 0.2) is 0 Å². The molecule has 0 amide bonds. The highest BCUT2D eigenvalue weighted by Crippen LogP contribution is 2.15. The van der Waals surface area contributed by atoms with Gasteiger partial charge in [-0.3, -0.25) is 0 Å². The summed E-state index contributed by atoms with van der Waals surface area (Å²) in [6.45, 7) is 2.24. The summed E-state index contributed by atoms with van der Waals surface area (Å²) in [5.74, 6) is 0. The number of nitrogens with one attached hydrogen (secondary N) is 1. The summed E-state index contributed by atoms with van der Waals surface area (Å²) >= 11 is 1.55. The molecule has 0 atom stereocenters. The molecule has 104 valence electrons. The zero-order valence-corrected chi connectivity index (χ0v) is 12.6. The predicted molar refractivity (Wildman–Crippen MR) is 78.8 cm³/mol. The topological polar surface area (TPSA) is 70.0 Å². The van der Waals surface area contributed by atoms with Crippen molar-refractivity contribution < 1.29 is 8.42 Å². The molecule has 0 aliphatic carbocycles. The van der Waals surface area contributed by atoms with Crippen molar-refractivity contribution >= 4 is 21.4 Å². The van der Waals surface area contributed by atoms with Crippen LogP contribution in [0.15, 0.2) is 39.9 Å². The number of benzene rings is 1. The lowest BCUT2D eigenvalue weighted by Gasteiger charge is -2.07. The van der Waals surface area contributed by atoms with Crippen LogP contribution in [-0.2, 0) is 23.0 Å². The van der Waals surface area contributed by atoms with Crippen LogP contribution >= 0.6 is 11.3 Å². The van der Waals surface area contributed by atoms with Gasteiger partial charge in [-0.1, -0.05) is 12.1 Å². The number of hydrogen-bond donors (Lipinski definition) is 1. The van der Waals surface area contributed by atoms with Gasteiger partial charge < -0.3 is 0 Å². The largest absolute Gasteiger partial charge is 0.240 e. The summed E-state index contributed by atoms with van der Waals surface area (Å²) in [6, 6.07) is 8.40. The average molecular weight is 306 g/mol. The van der Waals surface area contributed by atoms with Gasteiger partial charge in [0.1, 0.15) is 0 Å². The van der Waals surface area contributed by atoms with E-state index in [0.717, 1.165) is 16.7 Å². The van der Waals surface area contributed by atoms with Crippen LogP contribution in [0.4, 0.5) is 0 Å². The molecule has 2 aromatic rings. The summed E-state index contributed by atoms with van der Waals surface area (Å²) in [5, 5.41) is 12.5. The second-order valence-corrected chi connectivity index (χ2v) is 6.89. The van der Waals surface area contributed by atoms with E-state index in [9.17, 15) is 8.42 Å². The van der Waals surface area contributed by atoms with Crippen LogP contribution in [0.3, 0.4) is 0 Å². The van der Waals surface area contributed by atoms with Crippen LogP contribution in [0.1, 0.15) is 16.7 Å². The minimum Gasteiger partial charge on any atom is -0.207 e. The third kappa shape index (κ3) is 3.45. The van der Waals surface area contributed by atoms with Crippen molar-refractivity contribution in [3.05, 3.63) is 51.7 Å². The second kappa shape index (κ2) is 6.18. The molecule has 20 heavy (non-hydrogen) atoms. The van der Waals surface area contributed by atoms with Crippen LogP contribution in [0.25, 0.3) is 0 Å². The Kier molecular flexibility index (Phi) is 4.55. The van der Waals surface area contributed by atoms with Crippen molar-refractivity contribution in [2.24, 2.45) is 0 Å². The predicted octanol–water partition coefficient (Wildman–Crippen LogP) is 2.60. The van der Waals surface area contributed by atoms with E-state index in [2.05, 4.69) is 4.72 Å². The Morgan fingerprint density at radius 1 is 1.25 bits per heavy atom. The van der Waals surface area contributed by atoms with E-state index in [-0.39, 0.29) is 17.9 Å². The van der Waals surface area contributed by atoms with Gasteiger partial charge in [0.2, 0.25) is 10.0 Å². The van der Waals surface area contributed by atoms with E-state index in [4.69, 9.17) is 5.26 Å². The molecular formula is C14H14N2O2S2. The van der Waals surface area contributed by atoms with Crippen LogP contribution in [0.2, 0.25) is 0 Å². The zero-order valence-electron chi connectivity index (χ0n) is 11.0. The molecule has 4 nitrogen and oxygen atoms in total. The summed E-state index contributed by atoms with van der Waals surface area (Å²) in [6.07, 6.45) is 0.280. The van der Waals surface area contributed by atoms with Crippen LogP contribution in [0, 0.1) is 18.3 Å². The standard InChI is InChI=1S/C14H14N2O2S2/c1-11-9-19-10-13(11)8-16-20(17,18)14-4-2-12(3-5-14)6-7-15/h2-5,9-10,16H,6,8H2,1H3. The third-order valence-corrected chi connectivity index (χ3v) is 5.26. The monoisotopic (exact) mass is 306 g/mol. The SMILES string of the molecule is Cc1cscc1CNS(=O)(=O)c1ccc(CC#N)cc1. The van der Waals surface area contributed by atoms with Gasteiger partial charge in [0, 0.05) is 6.54 Å². The number of nitriles is 1. The van der Waals surface area contributed by atoms with Crippen molar-refractivity contribution in [1.82, 2.24) is 4.72 Å². The Morgan fingerprint density at radius 2 is 1.95 bits per heavy atom. The normalized spacial score (nSPS) is 11.2. The fraction of sp³-hybridized carbons (Fsp3) is 0.214. The van der Waals surface area contributed by atoms with Crippen molar-refractivity contribution in [3.8, 4) is 6.07 Å². The van der Waals surface area contributed by atoms with Gasteiger partial charge in [0.25, 0.3) is 0 Å². The Labute approximate surface area is 122 Å². The fourth-order valence-electron chi connectivity index (χ4n) is 1.70. The highest BCUT2D eigenvalue weighted by Gasteiger charge is 2.14.